The zero-order valence-corrected chi connectivity index (χ0v) is 10.9. The highest BCUT2D eigenvalue weighted by atomic mass is 19.3. The molecule has 1 rings (SSSR count). The number of hydrogen-bond acceptors (Lipinski definition) is 2. The largest absolute Gasteiger partial charge is 0.336 e. The minimum Gasteiger partial charge on any atom is -0.336 e. The van der Waals surface area contributed by atoms with Crippen LogP contribution in [-0.4, -0.2) is 36.9 Å². The van der Waals surface area contributed by atoms with Crippen LogP contribution in [0.5, 0.6) is 0 Å². The van der Waals surface area contributed by atoms with Crippen LogP contribution >= 0.6 is 0 Å². The molecule has 0 spiro atoms. The summed E-state index contributed by atoms with van der Waals surface area (Å²) in [6, 6.07) is 9.78. The summed E-state index contributed by atoms with van der Waals surface area (Å²) in [6.07, 6.45) is -0.795. The maximum atomic E-state index is 12.3. The molecule has 0 aliphatic carbocycles. The molecule has 2 N–H and O–H groups in total. The molecule has 0 aliphatic rings. The smallest absolute Gasteiger partial charge is 0.255 e. The van der Waals surface area contributed by atoms with Gasteiger partial charge in [-0.1, -0.05) is 30.3 Å². The van der Waals surface area contributed by atoms with Crippen LogP contribution in [0.25, 0.3) is 0 Å². The zero-order chi connectivity index (χ0) is 14.1. The molecule has 0 fully saturated rings. The monoisotopic (exact) mass is 270 g/mol. The van der Waals surface area contributed by atoms with Gasteiger partial charge in [0.2, 0.25) is 5.91 Å². The van der Waals surface area contributed by atoms with Crippen LogP contribution in [-0.2, 0) is 11.2 Å². The Kier molecular flexibility index (Phi) is 7.03. The highest BCUT2D eigenvalue weighted by Gasteiger charge is 2.16. The minimum absolute atomic E-state index is 0.189. The Morgan fingerprint density at radius 3 is 2.53 bits per heavy atom. The second kappa shape index (κ2) is 8.58. The lowest BCUT2D eigenvalue weighted by atomic mass is 10.1. The SMILES string of the molecule is NCCN(CC(F)F)C(=O)CCCc1ccccc1. The van der Waals surface area contributed by atoms with Gasteiger partial charge in [-0.05, 0) is 18.4 Å². The average Bonchev–Trinajstić information content (AvgIpc) is 2.39. The number of alkyl halides is 2. The first kappa shape index (κ1) is 15.6. The van der Waals surface area contributed by atoms with Crippen LogP contribution in [0.1, 0.15) is 18.4 Å². The van der Waals surface area contributed by atoms with E-state index in [2.05, 4.69) is 0 Å². The van der Waals surface area contributed by atoms with Crippen molar-refractivity contribution in [1.82, 2.24) is 4.90 Å². The van der Waals surface area contributed by atoms with Gasteiger partial charge in [0.25, 0.3) is 6.43 Å². The van der Waals surface area contributed by atoms with Gasteiger partial charge in [0, 0.05) is 19.5 Å². The van der Waals surface area contributed by atoms with Gasteiger partial charge >= 0.3 is 0 Å². The third kappa shape index (κ3) is 6.29. The second-order valence-electron chi connectivity index (χ2n) is 4.36. The normalized spacial score (nSPS) is 10.7. The average molecular weight is 270 g/mol. The number of halogens is 2. The Bertz CT molecular complexity index is 371. The van der Waals surface area contributed by atoms with Crippen LogP contribution in [0.15, 0.2) is 30.3 Å². The molecule has 106 valence electrons. The highest BCUT2D eigenvalue weighted by molar-refractivity contribution is 5.76. The van der Waals surface area contributed by atoms with Gasteiger partial charge < -0.3 is 10.6 Å². The fourth-order valence-electron chi connectivity index (χ4n) is 1.89. The van der Waals surface area contributed by atoms with Crippen molar-refractivity contribution in [3.63, 3.8) is 0 Å². The molecular weight excluding hydrogens is 250 g/mol. The van der Waals surface area contributed by atoms with Crippen LogP contribution in [0.2, 0.25) is 0 Å². The predicted octanol–water partition coefficient (Wildman–Crippen LogP) is 2.06. The van der Waals surface area contributed by atoms with Gasteiger partial charge in [-0.2, -0.15) is 0 Å². The molecule has 1 aromatic carbocycles. The van der Waals surface area contributed by atoms with Crippen molar-refractivity contribution in [1.29, 1.82) is 0 Å². The van der Waals surface area contributed by atoms with Crippen molar-refractivity contribution in [2.75, 3.05) is 19.6 Å². The number of benzene rings is 1. The summed E-state index contributed by atoms with van der Waals surface area (Å²) < 4.78 is 24.6. The van der Waals surface area contributed by atoms with Crippen LogP contribution in [0, 0.1) is 0 Å². The molecule has 0 atom stereocenters. The van der Waals surface area contributed by atoms with Gasteiger partial charge in [-0.15, -0.1) is 0 Å². The molecule has 0 aromatic heterocycles. The molecule has 1 amide bonds. The van der Waals surface area contributed by atoms with E-state index in [1.165, 1.54) is 0 Å². The van der Waals surface area contributed by atoms with Crippen molar-refractivity contribution < 1.29 is 13.6 Å². The summed E-state index contributed by atoms with van der Waals surface area (Å²) in [5.74, 6) is -0.248. The van der Waals surface area contributed by atoms with Crippen molar-refractivity contribution >= 4 is 5.91 Å². The van der Waals surface area contributed by atoms with Crippen LogP contribution in [0.4, 0.5) is 8.78 Å². The summed E-state index contributed by atoms with van der Waals surface area (Å²) >= 11 is 0. The number of carbonyl (C=O) groups is 1. The summed E-state index contributed by atoms with van der Waals surface area (Å²) in [5, 5.41) is 0. The first-order valence-electron chi connectivity index (χ1n) is 6.43. The van der Waals surface area contributed by atoms with Gasteiger partial charge in [-0.25, -0.2) is 8.78 Å². The Morgan fingerprint density at radius 2 is 1.95 bits per heavy atom. The summed E-state index contributed by atoms with van der Waals surface area (Å²) in [7, 11) is 0. The number of hydrogen-bond donors (Lipinski definition) is 1. The maximum absolute atomic E-state index is 12.3. The molecule has 1 aromatic rings. The lowest BCUT2D eigenvalue weighted by Crippen LogP contribution is -2.38. The Labute approximate surface area is 112 Å². The number of carbonyl (C=O) groups excluding carboxylic acids is 1. The van der Waals surface area contributed by atoms with Crippen molar-refractivity contribution in [2.45, 2.75) is 25.7 Å². The van der Waals surface area contributed by atoms with Gasteiger partial charge in [0.05, 0.1) is 6.54 Å². The molecule has 0 radical (unpaired) electrons. The van der Waals surface area contributed by atoms with Gasteiger partial charge in [0.15, 0.2) is 0 Å². The van der Waals surface area contributed by atoms with E-state index in [0.717, 1.165) is 16.9 Å². The van der Waals surface area contributed by atoms with E-state index < -0.39 is 13.0 Å². The van der Waals surface area contributed by atoms with Crippen molar-refractivity contribution in [3.05, 3.63) is 35.9 Å². The molecule has 19 heavy (non-hydrogen) atoms. The van der Waals surface area contributed by atoms with E-state index in [1.807, 2.05) is 30.3 Å². The van der Waals surface area contributed by atoms with E-state index in [4.69, 9.17) is 5.73 Å². The minimum atomic E-state index is -2.51. The Morgan fingerprint density at radius 1 is 1.26 bits per heavy atom. The number of amides is 1. The third-order valence-corrected chi connectivity index (χ3v) is 2.81. The molecule has 0 aliphatic heterocycles. The van der Waals surface area contributed by atoms with Gasteiger partial charge in [-0.3, -0.25) is 4.79 Å². The highest BCUT2D eigenvalue weighted by Crippen LogP contribution is 2.07. The quantitative estimate of drug-likeness (QED) is 0.786. The van der Waals surface area contributed by atoms with Crippen molar-refractivity contribution in [2.24, 2.45) is 5.73 Å². The van der Waals surface area contributed by atoms with E-state index in [0.29, 0.717) is 6.42 Å². The molecule has 5 heteroatoms. The first-order chi connectivity index (χ1) is 9.13. The molecule has 0 unspecified atom stereocenters. The fraction of sp³-hybridized carbons (Fsp3) is 0.500. The lowest BCUT2D eigenvalue weighted by molar-refractivity contribution is -0.133. The predicted molar refractivity (Wildman–Crippen MR) is 71.0 cm³/mol. The summed E-state index contributed by atoms with van der Waals surface area (Å²) in [4.78, 5) is 12.9. The van der Waals surface area contributed by atoms with Crippen LogP contribution in [0.3, 0.4) is 0 Å². The van der Waals surface area contributed by atoms with E-state index in [1.54, 1.807) is 0 Å². The maximum Gasteiger partial charge on any atom is 0.255 e. The topological polar surface area (TPSA) is 46.3 Å². The van der Waals surface area contributed by atoms with E-state index in [9.17, 15) is 13.6 Å². The standard InChI is InChI=1S/C14H20F2N2O/c15-13(16)11-18(10-9-17)14(19)8-4-7-12-5-2-1-3-6-12/h1-3,5-6,13H,4,7-11,17H2. The Hall–Kier alpha value is -1.49. The first-order valence-corrected chi connectivity index (χ1v) is 6.43. The molecule has 3 nitrogen and oxygen atoms in total. The number of aryl methyl sites for hydroxylation is 1. The Balaban J connectivity index is 2.35. The van der Waals surface area contributed by atoms with Crippen molar-refractivity contribution in [3.8, 4) is 0 Å². The summed E-state index contributed by atoms with van der Waals surface area (Å²) in [6.45, 7) is -0.132. The summed E-state index contributed by atoms with van der Waals surface area (Å²) in [5.41, 5.74) is 6.47. The molecule has 0 heterocycles. The number of nitrogens with zero attached hydrogens (tertiary/aromatic N) is 1. The molecule has 0 bridgehead atoms. The van der Waals surface area contributed by atoms with Gasteiger partial charge in [0.1, 0.15) is 0 Å². The van der Waals surface area contributed by atoms with E-state index >= 15 is 0 Å². The fourth-order valence-corrected chi connectivity index (χ4v) is 1.89. The zero-order valence-electron chi connectivity index (χ0n) is 10.9. The lowest BCUT2D eigenvalue weighted by Gasteiger charge is -2.21. The van der Waals surface area contributed by atoms with Crippen LogP contribution < -0.4 is 5.73 Å². The number of nitrogens with two attached hydrogens (primary N) is 1. The number of rotatable bonds is 8. The van der Waals surface area contributed by atoms with E-state index in [-0.39, 0.29) is 25.4 Å². The molecule has 0 saturated heterocycles. The second-order valence-corrected chi connectivity index (χ2v) is 4.36. The molecular formula is C14H20F2N2O. The molecule has 0 saturated carbocycles. The third-order valence-electron chi connectivity index (χ3n) is 2.81.